The number of imidazole rings is 1. The van der Waals surface area contributed by atoms with Gasteiger partial charge in [-0.25, -0.2) is 26.5 Å². The summed E-state index contributed by atoms with van der Waals surface area (Å²) in [5, 5.41) is 0. The van der Waals surface area contributed by atoms with Gasteiger partial charge in [-0.2, -0.15) is 0 Å². The van der Waals surface area contributed by atoms with Crippen LogP contribution in [0.4, 0.5) is 0 Å². The predicted molar refractivity (Wildman–Crippen MR) is 105 cm³/mol. The molecule has 3 aromatic rings. The number of aryl methyl sites for hydroxylation is 1. The Labute approximate surface area is 164 Å². The summed E-state index contributed by atoms with van der Waals surface area (Å²) in [5.74, 6) is 0. The quantitative estimate of drug-likeness (QED) is 0.582. The molecule has 3 rings (SSSR count). The zero-order valence-electron chi connectivity index (χ0n) is 15.3. The normalized spacial score (nSPS) is 12.2. The van der Waals surface area contributed by atoms with Crippen molar-refractivity contribution in [2.24, 2.45) is 0 Å². The molecule has 28 heavy (non-hydrogen) atoms. The molecule has 1 heterocycles. The Hall–Kier alpha value is -2.49. The number of hydrogen-bond acceptors (Lipinski definition) is 5. The van der Waals surface area contributed by atoms with Gasteiger partial charge in [-0.3, -0.25) is 0 Å². The maximum Gasteiger partial charge on any atom is 0.240 e. The lowest BCUT2D eigenvalue weighted by Crippen LogP contribution is -2.27. The molecular weight excluding hydrogens is 398 g/mol. The lowest BCUT2D eigenvalue weighted by atomic mass is 10.2. The highest BCUT2D eigenvalue weighted by Gasteiger charge is 2.23. The molecule has 0 unspecified atom stereocenters. The number of H-pyrrole nitrogens is 1. The smallest absolute Gasteiger partial charge is 0.240 e. The van der Waals surface area contributed by atoms with Crippen LogP contribution in [-0.4, -0.2) is 33.3 Å². The molecule has 7 nitrogen and oxygen atoms in total. The summed E-state index contributed by atoms with van der Waals surface area (Å²) < 4.78 is 53.9. The molecule has 0 amide bonds. The number of hydrogen-bond donors (Lipinski definition) is 2. The topological polar surface area (TPSA) is 109 Å². The maximum atomic E-state index is 12.9. The van der Waals surface area contributed by atoms with Crippen LogP contribution in [0.3, 0.4) is 0 Å². The van der Waals surface area contributed by atoms with Gasteiger partial charge < -0.3 is 4.98 Å². The molecule has 0 aliphatic carbocycles. The van der Waals surface area contributed by atoms with Crippen LogP contribution in [0.25, 0.3) is 0 Å². The highest BCUT2D eigenvalue weighted by atomic mass is 32.2. The Morgan fingerprint density at radius 2 is 1.75 bits per heavy atom. The third-order valence-corrected chi connectivity index (χ3v) is 7.62. The van der Waals surface area contributed by atoms with Crippen LogP contribution in [0, 0.1) is 0 Å². The fourth-order valence-corrected chi connectivity index (χ4v) is 5.55. The van der Waals surface area contributed by atoms with Crippen molar-refractivity contribution in [1.29, 1.82) is 0 Å². The average molecular weight is 420 g/mol. The molecule has 0 aliphatic heterocycles. The van der Waals surface area contributed by atoms with Gasteiger partial charge in [0.1, 0.15) is 0 Å². The number of rotatable bonds is 8. The van der Waals surface area contributed by atoms with E-state index in [0.717, 1.165) is 5.69 Å². The number of aromatic nitrogens is 2. The molecule has 0 atom stereocenters. The first-order chi connectivity index (χ1) is 13.3. The highest BCUT2D eigenvalue weighted by Crippen LogP contribution is 2.26. The minimum Gasteiger partial charge on any atom is -0.348 e. The van der Waals surface area contributed by atoms with Crippen LogP contribution < -0.4 is 4.72 Å². The van der Waals surface area contributed by atoms with E-state index < -0.39 is 19.9 Å². The molecular formula is C19H21N3O4S2. The van der Waals surface area contributed by atoms with Crippen molar-refractivity contribution < 1.29 is 16.8 Å². The van der Waals surface area contributed by atoms with Crippen molar-refractivity contribution in [2.45, 2.75) is 34.5 Å². The number of benzene rings is 2. The van der Waals surface area contributed by atoms with E-state index >= 15 is 0 Å². The van der Waals surface area contributed by atoms with Crippen LogP contribution in [0.1, 0.15) is 18.2 Å². The van der Waals surface area contributed by atoms with Gasteiger partial charge in [0.05, 0.1) is 21.0 Å². The third-order valence-electron chi connectivity index (χ3n) is 4.31. The van der Waals surface area contributed by atoms with Crippen molar-refractivity contribution in [3.8, 4) is 0 Å². The Balaban J connectivity index is 1.92. The fraction of sp³-hybridized carbons (Fsp3) is 0.211. The van der Waals surface area contributed by atoms with Crippen molar-refractivity contribution in [3.63, 3.8) is 0 Å². The first-order valence-corrected chi connectivity index (χ1v) is 11.7. The van der Waals surface area contributed by atoms with E-state index in [1.807, 2.05) is 6.92 Å². The van der Waals surface area contributed by atoms with E-state index in [0.29, 0.717) is 18.4 Å². The van der Waals surface area contributed by atoms with Gasteiger partial charge in [0, 0.05) is 24.9 Å². The monoisotopic (exact) mass is 419 g/mol. The van der Waals surface area contributed by atoms with E-state index in [1.165, 1.54) is 30.6 Å². The van der Waals surface area contributed by atoms with Crippen LogP contribution in [0.2, 0.25) is 0 Å². The second kappa shape index (κ2) is 8.26. The van der Waals surface area contributed by atoms with E-state index in [-0.39, 0.29) is 21.2 Å². The van der Waals surface area contributed by atoms with Gasteiger partial charge in [-0.1, -0.05) is 31.2 Å². The van der Waals surface area contributed by atoms with Gasteiger partial charge in [0.2, 0.25) is 19.9 Å². The van der Waals surface area contributed by atoms with Crippen molar-refractivity contribution in [1.82, 2.24) is 14.7 Å². The van der Waals surface area contributed by atoms with E-state index in [9.17, 15) is 16.8 Å². The van der Waals surface area contributed by atoms with E-state index in [4.69, 9.17) is 0 Å². The molecule has 9 heteroatoms. The molecule has 0 bridgehead atoms. The molecule has 1 aromatic heterocycles. The molecule has 0 saturated heterocycles. The van der Waals surface area contributed by atoms with Crippen LogP contribution in [0.15, 0.2) is 75.7 Å². The standard InChI is InChI=1S/C19H21N3O4S2/c1-2-15-8-9-18(27(23,24)17-6-4-3-5-7-17)12-19(15)28(25,26)22-11-10-16-13-20-14-21-16/h3-9,12-14,22H,2,10-11H2,1H3,(H,20,21). The number of sulfonamides is 1. The van der Waals surface area contributed by atoms with Crippen molar-refractivity contribution in [2.75, 3.05) is 6.54 Å². The molecule has 2 N–H and O–H groups in total. The minimum atomic E-state index is -3.87. The van der Waals surface area contributed by atoms with Gasteiger partial charge >= 0.3 is 0 Å². The molecule has 0 saturated carbocycles. The van der Waals surface area contributed by atoms with Crippen LogP contribution in [-0.2, 0) is 32.7 Å². The summed E-state index contributed by atoms with van der Waals surface area (Å²) in [4.78, 5) is 6.85. The average Bonchev–Trinajstić information content (AvgIpc) is 3.21. The Kier molecular flexibility index (Phi) is 5.97. The maximum absolute atomic E-state index is 12.9. The lowest BCUT2D eigenvalue weighted by molar-refractivity contribution is 0.579. The second-order valence-corrected chi connectivity index (χ2v) is 9.85. The highest BCUT2D eigenvalue weighted by molar-refractivity contribution is 7.91. The Bertz CT molecular complexity index is 1140. The lowest BCUT2D eigenvalue weighted by Gasteiger charge is -2.13. The van der Waals surface area contributed by atoms with Crippen LogP contribution in [0.5, 0.6) is 0 Å². The molecule has 0 fully saturated rings. The molecule has 2 aromatic carbocycles. The van der Waals surface area contributed by atoms with Crippen LogP contribution >= 0.6 is 0 Å². The summed E-state index contributed by atoms with van der Waals surface area (Å²) in [6.07, 6.45) is 4.06. The summed E-state index contributed by atoms with van der Waals surface area (Å²) in [5.41, 5.74) is 1.36. The molecule has 0 spiro atoms. The Morgan fingerprint density at radius 3 is 2.39 bits per heavy atom. The first-order valence-electron chi connectivity index (χ1n) is 8.74. The zero-order chi connectivity index (χ0) is 20.2. The fourth-order valence-electron chi connectivity index (χ4n) is 2.80. The molecule has 0 aliphatic rings. The van der Waals surface area contributed by atoms with Gasteiger partial charge in [0.15, 0.2) is 0 Å². The van der Waals surface area contributed by atoms with Gasteiger partial charge in [0.25, 0.3) is 0 Å². The van der Waals surface area contributed by atoms with E-state index in [1.54, 1.807) is 30.5 Å². The second-order valence-electron chi connectivity index (χ2n) is 6.16. The van der Waals surface area contributed by atoms with Crippen molar-refractivity contribution >= 4 is 19.9 Å². The molecule has 0 radical (unpaired) electrons. The predicted octanol–water partition coefficient (Wildman–Crippen LogP) is 2.33. The number of nitrogens with zero attached hydrogens (tertiary/aromatic N) is 1. The third kappa shape index (κ3) is 4.32. The summed E-state index contributed by atoms with van der Waals surface area (Å²) in [6.45, 7) is 1.99. The van der Waals surface area contributed by atoms with Gasteiger partial charge in [-0.05, 0) is 36.2 Å². The number of aromatic amines is 1. The SMILES string of the molecule is CCc1ccc(S(=O)(=O)c2ccccc2)cc1S(=O)(=O)NCCc1cnc[nH]1. The molecule has 148 valence electrons. The number of nitrogens with one attached hydrogen (secondary N) is 2. The van der Waals surface area contributed by atoms with Gasteiger partial charge in [-0.15, -0.1) is 0 Å². The largest absolute Gasteiger partial charge is 0.348 e. The summed E-state index contributed by atoms with van der Waals surface area (Å²) in [6, 6.07) is 12.2. The van der Waals surface area contributed by atoms with E-state index in [2.05, 4.69) is 14.7 Å². The minimum absolute atomic E-state index is 0.0170. The first kappa shape index (κ1) is 20.2. The van der Waals surface area contributed by atoms with Crippen molar-refractivity contribution in [3.05, 3.63) is 72.3 Å². The summed E-state index contributed by atoms with van der Waals surface area (Å²) >= 11 is 0. The number of sulfone groups is 1. The zero-order valence-corrected chi connectivity index (χ0v) is 16.9. The summed E-state index contributed by atoms with van der Waals surface area (Å²) in [7, 11) is -7.68. The Morgan fingerprint density at radius 1 is 1.00 bits per heavy atom.